The average molecular weight is 444 g/mol. The molecular weight excluding hydrogens is 418 g/mol. The zero-order valence-corrected chi connectivity index (χ0v) is 18.8. The minimum atomic E-state index is -0.529. The van der Waals surface area contributed by atoms with Gasteiger partial charge in [0.2, 0.25) is 0 Å². The van der Waals surface area contributed by atoms with Gasteiger partial charge >= 0.3 is 0 Å². The molecular formula is C22H25N3O5S. The van der Waals surface area contributed by atoms with Crippen molar-refractivity contribution in [2.75, 3.05) is 33.8 Å². The summed E-state index contributed by atoms with van der Waals surface area (Å²) in [6.07, 6.45) is 0. The molecule has 0 saturated heterocycles. The molecule has 3 N–H and O–H groups in total. The Kier molecular flexibility index (Phi) is 6.86. The van der Waals surface area contributed by atoms with Gasteiger partial charge in [-0.05, 0) is 43.4 Å². The van der Waals surface area contributed by atoms with Gasteiger partial charge in [0, 0.05) is 23.4 Å². The van der Waals surface area contributed by atoms with Crippen molar-refractivity contribution in [1.82, 2.24) is 10.6 Å². The standard InChI is InChI=1S/C22H25N3O5S/c1-12-19(21(26)24-16-9-7-14(28-3)11-18(16)30-5)20(25-22(31)23-12)15-8-6-13(27-2)10-17(15)29-4/h6-11,20H,1-5H3,(H,24,26)(H2,23,25,31). The van der Waals surface area contributed by atoms with Gasteiger partial charge in [0.05, 0.1) is 45.7 Å². The predicted molar refractivity (Wildman–Crippen MR) is 122 cm³/mol. The Bertz CT molecular complexity index is 1040. The maximum Gasteiger partial charge on any atom is 0.255 e. The molecule has 1 heterocycles. The van der Waals surface area contributed by atoms with Gasteiger partial charge in [0.25, 0.3) is 5.91 Å². The first-order chi connectivity index (χ1) is 14.9. The smallest absolute Gasteiger partial charge is 0.255 e. The number of carbonyl (C=O) groups excluding carboxylic acids is 1. The molecule has 1 aliphatic heterocycles. The molecule has 0 bridgehead atoms. The van der Waals surface area contributed by atoms with Crippen LogP contribution in [0.15, 0.2) is 47.7 Å². The summed E-state index contributed by atoms with van der Waals surface area (Å²) in [6, 6.07) is 10.1. The molecule has 0 spiro atoms. The van der Waals surface area contributed by atoms with Crippen LogP contribution in [-0.4, -0.2) is 39.5 Å². The number of hydrogen-bond acceptors (Lipinski definition) is 6. The van der Waals surface area contributed by atoms with Crippen molar-refractivity contribution in [2.24, 2.45) is 0 Å². The number of benzene rings is 2. The van der Waals surface area contributed by atoms with Gasteiger partial charge in [-0.15, -0.1) is 0 Å². The lowest BCUT2D eigenvalue weighted by Gasteiger charge is -2.31. The number of nitrogens with one attached hydrogen (secondary N) is 3. The van der Waals surface area contributed by atoms with Crippen LogP contribution >= 0.6 is 12.2 Å². The van der Waals surface area contributed by atoms with Gasteiger partial charge < -0.3 is 34.9 Å². The van der Waals surface area contributed by atoms with E-state index >= 15 is 0 Å². The normalized spacial score (nSPS) is 15.5. The lowest BCUT2D eigenvalue weighted by atomic mass is 9.94. The first-order valence-corrected chi connectivity index (χ1v) is 9.86. The monoisotopic (exact) mass is 443 g/mol. The molecule has 0 radical (unpaired) electrons. The van der Waals surface area contributed by atoms with Crippen LogP contribution in [0.25, 0.3) is 0 Å². The highest BCUT2D eigenvalue weighted by Crippen LogP contribution is 2.36. The van der Waals surface area contributed by atoms with Gasteiger partial charge in [-0.1, -0.05) is 0 Å². The van der Waals surface area contributed by atoms with E-state index in [9.17, 15) is 4.79 Å². The maximum atomic E-state index is 13.4. The fourth-order valence-corrected chi connectivity index (χ4v) is 3.65. The third-order valence-corrected chi connectivity index (χ3v) is 5.14. The lowest BCUT2D eigenvalue weighted by Crippen LogP contribution is -2.45. The Labute approximate surface area is 186 Å². The van der Waals surface area contributed by atoms with Crippen molar-refractivity contribution in [3.05, 3.63) is 53.2 Å². The molecule has 2 aromatic carbocycles. The van der Waals surface area contributed by atoms with Crippen LogP contribution in [0, 0.1) is 0 Å². The topological polar surface area (TPSA) is 90.1 Å². The number of anilines is 1. The van der Waals surface area contributed by atoms with Gasteiger partial charge in [-0.25, -0.2) is 0 Å². The molecule has 31 heavy (non-hydrogen) atoms. The van der Waals surface area contributed by atoms with E-state index in [1.165, 1.54) is 7.11 Å². The van der Waals surface area contributed by atoms with Crippen LogP contribution in [0.4, 0.5) is 5.69 Å². The second-order valence-corrected chi connectivity index (χ2v) is 7.11. The molecule has 3 rings (SSSR count). The molecule has 0 saturated carbocycles. The molecule has 8 nitrogen and oxygen atoms in total. The molecule has 0 fully saturated rings. The summed E-state index contributed by atoms with van der Waals surface area (Å²) in [7, 11) is 6.24. The van der Waals surface area contributed by atoms with Crippen molar-refractivity contribution in [3.63, 3.8) is 0 Å². The fourth-order valence-electron chi connectivity index (χ4n) is 3.38. The second-order valence-electron chi connectivity index (χ2n) is 6.70. The summed E-state index contributed by atoms with van der Waals surface area (Å²) >= 11 is 5.34. The molecule has 1 aliphatic rings. The number of thiocarbonyl (C=S) groups is 1. The molecule has 2 aromatic rings. The lowest BCUT2D eigenvalue weighted by molar-refractivity contribution is -0.113. The number of ether oxygens (including phenoxy) is 4. The highest BCUT2D eigenvalue weighted by molar-refractivity contribution is 7.80. The molecule has 9 heteroatoms. The number of allylic oxidation sites excluding steroid dienone is 1. The van der Waals surface area contributed by atoms with Gasteiger partial charge in [0.15, 0.2) is 5.11 Å². The minimum absolute atomic E-state index is 0.314. The van der Waals surface area contributed by atoms with E-state index in [0.29, 0.717) is 45.1 Å². The van der Waals surface area contributed by atoms with E-state index in [0.717, 1.165) is 5.56 Å². The molecule has 1 amide bonds. The van der Waals surface area contributed by atoms with Crippen molar-refractivity contribution < 1.29 is 23.7 Å². The van der Waals surface area contributed by atoms with E-state index < -0.39 is 6.04 Å². The molecule has 164 valence electrons. The SMILES string of the molecule is COc1ccc(NC(=O)C2=C(C)NC(=S)NC2c2ccc(OC)cc2OC)c(OC)c1. The van der Waals surface area contributed by atoms with Crippen LogP contribution in [0.2, 0.25) is 0 Å². The quantitative estimate of drug-likeness (QED) is 0.563. The summed E-state index contributed by atoms with van der Waals surface area (Å²) in [6.45, 7) is 1.80. The predicted octanol–water partition coefficient (Wildman–Crippen LogP) is 3.15. The van der Waals surface area contributed by atoms with Gasteiger partial charge in [-0.3, -0.25) is 4.79 Å². The summed E-state index contributed by atoms with van der Waals surface area (Å²) < 4.78 is 21.5. The van der Waals surface area contributed by atoms with Crippen LogP contribution in [0.5, 0.6) is 23.0 Å². The van der Waals surface area contributed by atoms with E-state index in [1.54, 1.807) is 52.5 Å². The Balaban J connectivity index is 2.00. The zero-order chi connectivity index (χ0) is 22.5. The largest absolute Gasteiger partial charge is 0.497 e. The summed E-state index contributed by atoms with van der Waals surface area (Å²) in [5, 5.41) is 9.53. The molecule has 0 aromatic heterocycles. The number of methoxy groups -OCH3 is 4. The number of rotatable bonds is 7. The third-order valence-electron chi connectivity index (χ3n) is 4.92. The summed E-state index contributed by atoms with van der Waals surface area (Å²) in [5.41, 5.74) is 2.37. The van der Waals surface area contributed by atoms with Gasteiger partial charge in [-0.2, -0.15) is 0 Å². The number of hydrogen-bond donors (Lipinski definition) is 3. The zero-order valence-electron chi connectivity index (χ0n) is 18.0. The van der Waals surface area contributed by atoms with Crippen molar-refractivity contribution in [2.45, 2.75) is 13.0 Å². The van der Waals surface area contributed by atoms with E-state index in [2.05, 4.69) is 16.0 Å². The highest BCUT2D eigenvalue weighted by atomic mass is 32.1. The number of carbonyl (C=O) groups is 1. The van der Waals surface area contributed by atoms with Crippen LogP contribution < -0.4 is 34.9 Å². The van der Waals surface area contributed by atoms with Crippen molar-refractivity contribution >= 4 is 28.9 Å². The van der Waals surface area contributed by atoms with Crippen LogP contribution in [-0.2, 0) is 4.79 Å². The summed E-state index contributed by atoms with van der Waals surface area (Å²) in [4.78, 5) is 13.4. The molecule has 1 unspecified atom stereocenters. The third kappa shape index (κ3) is 4.66. The molecule has 0 aliphatic carbocycles. The van der Waals surface area contributed by atoms with E-state index in [1.807, 2.05) is 12.1 Å². The van der Waals surface area contributed by atoms with Crippen LogP contribution in [0.1, 0.15) is 18.5 Å². The first kappa shape index (κ1) is 22.2. The fraction of sp³-hybridized carbons (Fsp3) is 0.273. The second kappa shape index (κ2) is 9.57. The molecule has 1 atom stereocenters. The Morgan fingerprint density at radius 1 is 0.935 bits per heavy atom. The van der Waals surface area contributed by atoms with Crippen LogP contribution in [0.3, 0.4) is 0 Å². The Hall–Kier alpha value is -3.46. The van der Waals surface area contributed by atoms with Gasteiger partial charge in [0.1, 0.15) is 23.0 Å². The first-order valence-electron chi connectivity index (χ1n) is 9.45. The maximum absolute atomic E-state index is 13.4. The Morgan fingerprint density at radius 3 is 2.16 bits per heavy atom. The average Bonchev–Trinajstić information content (AvgIpc) is 2.78. The summed E-state index contributed by atoms with van der Waals surface area (Å²) in [5.74, 6) is 2.01. The van der Waals surface area contributed by atoms with E-state index in [-0.39, 0.29) is 5.91 Å². The number of amides is 1. The highest BCUT2D eigenvalue weighted by Gasteiger charge is 2.32. The Morgan fingerprint density at radius 2 is 1.55 bits per heavy atom. The van der Waals surface area contributed by atoms with Crippen molar-refractivity contribution in [3.8, 4) is 23.0 Å². The van der Waals surface area contributed by atoms with E-state index in [4.69, 9.17) is 31.2 Å². The van der Waals surface area contributed by atoms with Crippen molar-refractivity contribution in [1.29, 1.82) is 0 Å². The minimum Gasteiger partial charge on any atom is -0.497 e.